The Morgan fingerprint density at radius 3 is 2.93 bits per heavy atom. The van der Waals surface area contributed by atoms with Crippen molar-refractivity contribution >= 4 is 38.8 Å². The smallest absolute Gasteiger partial charge is 0.230 e. The van der Waals surface area contributed by atoms with Crippen LogP contribution < -0.4 is 5.32 Å². The lowest BCUT2D eigenvalue weighted by molar-refractivity contribution is -0.119. The van der Waals surface area contributed by atoms with E-state index < -0.39 is 9.84 Å². The number of thiophene rings is 1. The number of hydrogen-bond acceptors (Lipinski definition) is 7. The fraction of sp³-hybridized carbons (Fsp3) is 0.632. The second-order valence-electron chi connectivity index (χ2n) is 7.90. The number of nitrogens with zero attached hydrogens (tertiary/aromatic N) is 3. The number of carbonyl (C=O) groups excluding carboxylic acids is 1. The molecule has 1 N–H and O–H groups in total. The number of sulfone groups is 1. The number of hydrogen-bond donors (Lipinski definition) is 1. The Morgan fingerprint density at radius 2 is 2.21 bits per heavy atom. The molecule has 3 heterocycles. The van der Waals surface area contributed by atoms with Crippen LogP contribution in [0, 0.1) is 5.92 Å². The van der Waals surface area contributed by atoms with Crippen LogP contribution in [0.25, 0.3) is 10.7 Å². The lowest BCUT2D eigenvalue weighted by Crippen LogP contribution is -2.36. The molecule has 2 unspecified atom stereocenters. The number of amides is 1. The molecular weight excluding hydrogens is 428 g/mol. The van der Waals surface area contributed by atoms with Crippen molar-refractivity contribution in [3.63, 3.8) is 0 Å². The SMILES string of the molecule is CCC1CCc2sc(-c3nnc(SCC(=O)NC4CCS(=O)(=O)C4)n3C)cc2C1. The summed E-state index contributed by atoms with van der Waals surface area (Å²) < 4.78 is 25.0. The van der Waals surface area contributed by atoms with Crippen molar-refractivity contribution in [2.75, 3.05) is 17.3 Å². The predicted molar refractivity (Wildman–Crippen MR) is 116 cm³/mol. The van der Waals surface area contributed by atoms with Crippen LogP contribution in [0.3, 0.4) is 0 Å². The molecule has 0 spiro atoms. The zero-order valence-electron chi connectivity index (χ0n) is 16.7. The minimum Gasteiger partial charge on any atom is -0.352 e. The third-order valence-corrected chi connectivity index (χ3v) is 9.77. The van der Waals surface area contributed by atoms with Crippen molar-refractivity contribution in [3.8, 4) is 10.7 Å². The molecule has 10 heteroatoms. The van der Waals surface area contributed by atoms with Gasteiger partial charge in [0.25, 0.3) is 0 Å². The molecule has 4 rings (SSSR count). The minimum absolute atomic E-state index is 0.0411. The second kappa shape index (κ2) is 8.39. The molecule has 1 saturated heterocycles. The molecule has 29 heavy (non-hydrogen) atoms. The van der Waals surface area contributed by atoms with E-state index in [1.54, 1.807) is 11.3 Å². The quantitative estimate of drug-likeness (QED) is 0.674. The van der Waals surface area contributed by atoms with Crippen molar-refractivity contribution in [3.05, 3.63) is 16.5 Å². The summed E-state index contributed by atoms with van der Waals surface area (Å²) in [4.78, 5) is 14.8. The van der Waals surface area contributed by atoms with Gasteiger partial charge in [0.15, 0.2) is 20.8 Å². The highest BCUT2D eigenvalue weighted by Gasteiger charge is 2.29. The largest absolute Gasteiger partial charge is 0.352 e. The molecule has 158 valence electrons. The number of carbonyl (C=O) groups is 1. The van der Waals surface area contributed by atoms with Crippen LogP contribution >= 0.6 is 23.1 Å². The van der Waals surface area contributed by atoms with Gasteiger partial charge in [-0.25, -0.2) is 8.42 Å². The molecule has 1 aliphatic carbocycles. The molecule has 2 aliphatic rings. The molecule has 0 radical (unpaired) electrons. The highest BCUT2D eigenvalue weighted by Crippen LogP contribution is 2.38. The number of rotatable bonds is 6. The summed E-state index contributed by atoms with van der Waals surface area (Å²) >= 11 is 3.13. The van der Waals surface area contributed by atoms with Crippen LogP contribution in [0.1, 0.15) is 36.6 Å². The van der Waals surface area contributed by atoms with E-state index in [4.69, 9.17) is 0 Å². The molecule has 0 bridgehead atoms. The van der Waals surface area contributed by atoms with Gasteiger partial charge in [0.05, 0.1) is 22.1 Å². The van der Waals surface area contributed by atoms with E-state index in [0.717, 1.165) is 29.5 Å². The standard InChI is InChI=1S/C19H26N4O3S3/c1-3-12-4-5-15-13(8-12)9-16(28-15)18-21-22-19(23(18)2)27-10-17(24)20-14-6-7-29(25,26)11-14/h9,12,14H,3-8,10-11H2,1-2H3,(H,20,24). The summed E-state index contributed by atoms with van der Waals surface area (Å²) in [5.41, 5.74) is 1.45. The van der Waals surface area contributed by atoms with Crippen molar-refractivity contribution in [2.45, 2.75) is 50.2 Å². The van der Waals surface area contributed by atoms with Gasteiger partial charge in [-0.3, -0.25) is 4.79 Å². The summed E-state index contributed by atoms with van der Waals surface area (Å²) in [7, 11) is -1.07. The van der Waals surface area contributed by atoms with E-state index in [2.05, 4.69) is 28.5 Å². The van der Waals surface area contributed by atoms with Gasteiger partial charge in [-0.2, -0.15) is 0 Å². The molecule has 2 atom stereocenters. The van der Waals surface area contributed by atoms with Gasteiger partial charge in [-0.05, 0) is 43.2 Å². The van der Waals surface area contributed by atoms with Gasteiger partial charge in [0, 0.05) is 18.0 Å². The summed E-state index contributed by atoms with van der Waals surface area (Å²) in [5.74, 6) is 1.84. The maximum atomic E-state index is 12.2. The first-order chi connectivity index (χ1) is 13.8. The Labute approximate surface area is 179 Å². The lowest BCUT2D eigenvalue weighted by Gasteiger charge is -2.19. The van der Waals surface area contributed by atoms with Crippen LogP contribution in [0.5, 0.6) is 0 Å². The topological polar surface area (TPSA) is 94.0 Å². The van der Waals surface area contributed by atoms with Gasteiger partial charge < -0.3 is 9.88 Å². The molecule has 0 saturated carbocycles. The van der Waals surface area contributed by atoms with Gasteiger partial charge in [0.1, 0.15) is 0 Å². The number of fused-ring (bicyclic) bond motifs is 1. The Kier molecular flexibility index (Phi) is 6.04. The first-order valence-corrected chi connectivity index (χ1v) is 13.6. The second-order valence-corrected chi connectivity index (χ2v) is 12.2. The molecule has 2 aromatic heterocycles. The highest BCUT2D eigenvalue weighted by molar-refractivity contribution is 7.99. The van der Waals surface area contributed by atoms with Gasteiger partial charge in [-0.1, -0.05) is 25.1 Å². The van der Waals surface area contributed by atoms with Crippen LogP contribution in [-0.2, 0) is 34.5 Å². The number of thioether (sulfide) groups is 1. The van der Waals surface area contributed by atoms with E-state index in [1.807, 2.05) is 11.6 Å². The third kappa shape index (κ3) is 4.69. The van der Waals surface area contributed by atoms with Gasteiger partial charge in [-0.15, -0.1) is 21.5 Å². The third-order valence-electron chi connectivity index (χ3n) is 5.75. The Balaban J connectivity index is 1.38. The first kappa shape index (κ1) is 20.9. The summed E-state index contributed by atoms with van der Waals surface area (Å²) in [6, 6.07) is 1.99. The Morgan fingerprint density at radius 1 is 1.38 bits per heavy atom. The monoisotopic (exact) mass is 454 g/mol. The maximum absolute atomic E-state index is 12.2. The molecule has 0 aromatic carbocycles. The average Bonchev–Trinajstić information content (AvgIpc) is 3.35. The number of nitrogens with one attached hydrogen (secondary N) is 1. The molecule has 2 aromatic rings. The van der Waals surface area contributed by atoms with Crippen LogP contribution in [0.2, 0.25) is 0 Å². The normalized spacial score (nSPS) is 23.1. The Bertz CT molecular complexity index is 1010. The molecule has 7 nitrogen and oxygen atoms in total. The summed E-state index contributed by atoms with van der Waals surface area (Å²) in [5, 5.41) is 12.1. The fourth-order valence-corrected chi connectivity index (χ4v) is 7.65. The summed E-state index contributed by atoms with van der Waals surface area (Å²) in [6.07, 6.45) is 5.29. The van der Waals surface area contributed by atoms with Crippen molar-refractivity contribution in [2.24, 2.45) is 13.0 Å². The highest BCUT2D eigenvalue weighted by atomic mass is 32.2. The van der Waals surface area contributed by atoms with Crippen molar-refractivity contribution in [1.82, 2.24) is 20.1 Å². The molecule has 1 aliphatic heterocycles. The molecular formula is C19H26N4O3S3. The summed E-state index contributed by atoms with van der Waals surface area (Å²) in [6.45, 7) is 2.26. The van der Waals surface area contributed by atoms with Crippen molar-refractivity contribution < 1.29 is 13.2 Å². The van der Waals surface area contributed by atoms with Crippen LogP contribution in [-0.4, -0.2) is 52.4 Å². The van der Waals surface area contributed by atoms with Crippen LogP contribution in [0.4, 0.5) is 0 Å². The van der Waals surface area contributed by atoms with E-state index in [-0.39, 0.29) is 29.2 Å². The van der Waals surface area contributed by atoms with Crippen LogP contribution in [0.15, 0.2) is 11.2 Å². The zero-order valence-corrected chi connectivity index (χ0v) is 19.1. The van der Waals surface area contributed by atoms with Gasteiger partial charge in [0.2, 0.25) is 5.91 Å². The van der Waals surface area contributed by atoms with Gasteiger partial charge >= 0.3 is 0 Å². The zero-order chi connectivity index (χ0) is 20.6. The number of aromatic nitrogens is 3. The minimum atomic E-state index is -3.00. The first-order valence-electron chi connectivity index (χ1n) is 9.98. The molecule has 1 fully saturated rings. The van der Waals surface area contributed by atoms with E-state index >= 15 is 0 Å². The van der Waals surface area contributed by atoms with E-state index in [9.17, 15) is 13.2 Å². The number of aryl methyl sites for hydroxylation is 1. The maximum Gasteiger partial charge on any atom is 0.230 e. The van der Waals surface area contributed by atoms with Crippen molar-refractivity contribution in [1.29, 1.82) is 0 Å². The average molecular weight is 455 g/mol. The Hall–Kier alpha value is -1.39. The fourth-order valence-electron chi connectivity index (χ4n) is 4.02. The lowest BCUT2D eigenvalue weighted by atomic mass is 9.87. The molecule has 1 amide bonds. The predicted octanol–water partition coefficient (Wildman–Crippen LogP) is 2.45. The van der Waals surface area contributed by atoms with E-state index in [0.29, 0.717) is 11.6 Å². The van der Waals surface area contributed by atoms with E-state index in [1.165, 1.54) is 35.0 Å².